The van der Waals surface area contributed by atoms with Crippen molar-refractivity contribution in [2.45, 2.75) is 38.9 Å². The highest BCUT2D eigenvalue weighted by molar-refractivity contribution is 5.92. The van der Waals surface area contributed by atoms with Gasteiger partial charge >= 0.3 is 5.97 Å². The third kappa shape index (κ3) is 3.47. The summed E-state index contributed by atoms with van der Waals surface area (Å²) in [6, 6.07) is 5.28. The smallest absolute Gasteiger partial charge is 0.337 e. The van der Waals surface area contributed by atoms with Crippen LogP contribution in [-0.4, -0.2) is 37.4 Å². The summed E-state index contributed by atoms with van der Waals surface area (Å²) in [4.78, 5) is 13.8. The number of methoxy groups -OCH3 is 1. The second kappa shape index (κ2) is 5.22. The maximum atomic E-state index is 11.5. The number of nitrogens with zero attached hydrogens (tertiary/aromatic N) is 1. The van der Waals surface area contributed by atoms with Gasteiger partial charge in [-0.15, -0.1) is 0 Å². The summed E-state index contributed by atoms with van der Waals surface area (Å²) in [5.41, 5.74) is 7.58. The molecule has 5 heteroatoms. The van der Waals surface area contributed by atoms with Gasteiger partial charge in [-0.3, -0.25) is 0 Å². The van der Waals surface area contributed by atoms with Crippen LogP contribution in [0.4, 0.5) is 11.4 Å². The fourth-order valence-corrected chi connectivity index (χ4v) is 3.05. The molecule has 2 N–H and O–H groups in total. The number of rotatable bonds is 2. The van der Waals surface area contributed by atoms with E-state index in [-0.39, 0.29) is 17.2 Å². The predicted octanol–water partition coefficient (Wildman–Crippen LogP) is 2.45. The third-order valence-corrected chi connectivity index (χ3v) is 3.49. The fraction of sp³-hybridized carbons (Fsp3) is 0.562. The van der Waals surface area contributed by atoms with Gasteiger partial charge in [0.2, 0.25) is 0 Å². The zero-order valence-corrected chi connectivity index (χ0v) is 13.4. The number of benzene rings is 1. The molecule has 1 heterocycles. The first-order valence-corrected chi connectivity index (χ1v) is 7.06. The molecule has 1 aromatic rings. The van der Waals surface area contributed by atoms with E-state index in [0.29, 0.717) is 11.3 Å². The first-order valence-electron chi connectivity index (χ1n) is 7.06. The largest absolute Gasteiger partial charge is 0.465 e. The van der Waals surface area contributed by atoms with Crippen molar-refractivity contribution in [2.24, 2.45) is 0 Å². The molecule has 0 aromatic heterocycles. The summed E-state index contributed by atoms with van der Waals surface area (Å²) in [7, 11) is 1.36. The number of hydrogen-bond donors (Lipinski definition) is 1. The van der Waals surface area contributed by atoms with Gasteiger partial charge in [0.05, 0.1) is 35.3 Å². The Morgan fingerprint density at radius 2 is 1.81 bits per heavy atom. The van der Waals surface area contributed by atoms with Gasteiger partial charge in [0.1, 0.15) is 0 Å². The number of nitrogen functional groups attached to an aromatic ring is 1. The summed E-state index contributed by atoms with van der Waals surface area (Å²) in [5, 5.41) is 0. The van der Waals surface area contributed by atoms with Crippen molar-refractivity contribution in [1.82, 2.24) is 0 Å². The number of nitrogens with two attached hydrogens (primary N) is 1. The Kier molecular flexibility index (Phi) is 3.89. The lowest BCUT2D eigenvalue weighted by atomic mass is 9.98. The van der Waals surface area contributed by atoms with Crippen LogP contribution in [0.15, 0.2) is 18.2 Å². The Morgan fingerprint density at radius 3 is 2.29 bits per heavy atom. The molecule has 0 unspecified atom stereocenters. The van der Waals surface area contributed by atoms with Gasteiger partial charge in [-0.25, -0.2) is 4.79 Å². The molecule has 0 atom stereocenters. The molecule has 0 radical (unpaired) electrons. The Hall–Kier alpha value is -1.75. The molecule has 0 aliphatic carbocycles. The molecule has 0 amide bonds. The van der Waals surface area contributed by atoms with Crippen LogP contribution in [0.2, 0.25) is 0 Å². The number of morpholine rings is 1. The first kappa shape index (κ1) is 15.6. The van der Waals surface area contributed by atoms with Crippen LogP contribution in [-0.2, 0) is 9.47 Å². The molecule has 0 bridgehead atoms. The minimum absolute atomic E-state index is 0.255. The van der Waals surface area contributed by atoms with Crippen molar-refractivity contribution >= 4 is 17.3 Å². The van der Waals surface area contributed by atoms with E-state index in [4.69, 9.17) is 15.2 Å². The van der Waals surface area contributed by atoms with Crippen LogP contribution >= 0.6 is 0 Å². The topological polar surface area (TPSA) is 64.8 Å². The fourth-order valence-electron chi connectivity index (χ4n) is 3.05. The lowest BCUT2D eigenvalue weighted by Crippen LogP contribution is -2.57. The highest BCUT2D eigenvalue weighted by Gasteiger charge is 2.38. The predicted molar refractivity (Wildman–Crippen MR) is 83.6 cm³/mol. The Bertz CT molecular complexity index is 536. The quantitative estimate of drug-likeness (QED) is 0.670. The van der Waals surface area contributed by atoms with Gasteiger partial charge in [0.25, 0.3) is 0 Å². The number of esters is 1. The van der Waals surface area contributed by atoms with Crippen LogP contribution in [0.5, 0.6) is 0 Å². The standard InChI is InChI=1S/C16H24N2O3/c1-15(2)9-18(10-16(3,4)21-15)13-7-6-11(8-12(13)17)14(19)20-5/h6-8H,9-10,17H2,1-5H3. The maximum Gasteiger partial charge on any atom is 0.337 e. The molecular formula is C16H24N2O3. The molecule has 1 aliphatic rings. The van der Waals surface area contributed by atoms with Crippen molar-refractivity contribution in [1.29, 1.82) is 0 Å². The molecule has 1 saturated heterocycles. The molecule has 116 valence electrons. The van der Waals surface area contributed by atoms with Gasteiger partial charge in [-0.05, 0) is 45.9 Å². The van der Waals surface area contributed by atoms with Crippen LogP contribution < -0.4 is 10.6 Å². The SMILES string of the molecule is COC(=O)c1ccc(N2CC(C)(C)OC(C)(C)C2)c(N)c1. The van der Waals surface area contributed by atoms with Gasteiger partial charge in [0.15, 0.2) is 0 Å². The summed E-state index contributed by atoms with van der Waals surface area (Å²) < 4.78 is 10.8. The Morgan fingerprint density at radius 1 is 1.24 bits per heavy atom. The number of carbonyl (C=O) groups is 1. The second-order valence-corrected chi connectivity index (χ2v) is 6.74. The van der Waals surface area contributed by atoms with Crippen LogP contribution in [0.3, 0.4) is 0 Å². The summed E-state index contributed by atoms with van der Waals surface area (Å²) >= 11 is 0. The highest BCUT2D eigenvalue weighted by atomic mass is 16.5. The molecule has 5 nitrogen and oxygen atoms in total. The van der Waals surface area contributed by atoms with Crippen LogP contribution in [0.1, 0.15) is 38.1 Å². The second-order valence-electron chi connectivity index (χ2n) is 6.74. The van der Waals surface area contributed by atoms with Crippen molar-refractivity contribution in [3.05, 3.63) is 23.8 Å². The van der Waals surface area contributed by atoms with Gasteiger partial charge in [0, 0.05) is 13.1 Å². The van der Waals surface area contributed by atoms with E-state index in [1.165, 1.54) is 7.11 Å². The summed E-state index contributed by atoms with van der Waals surface area (Å²) in [6.45, 7) is 9.77. The number of hydrogen-bond acceptors (Lipinski definition) is 5. The van der Waals surface area contributed by atoms with Gasteiger partial charge in [-0.2, -0.15) is 0 Å². The molecular weight excluding hydrogens is 268 g/mol. The van der Waals surface area contributed by atoms with Crippen molar-refractivity contribution < 1.29 is 14.3 Å². The van der Waals surface area contributed by atoms with Crippen molar-refractivity contribution in [2.75, 3.05) is 30.8 Å². The Balaban J connectivity index is 2.31. The van der Waals surface area contributed by atoms with E-state index >= 15 is 0 Å². The molecule has 1 fully saturated rings. The lowest BCUT2D eigenvalue weighted by Gasteiger charge is -2.48. The summed E-state index contributed by atoms with van der Waals surface area (Å²) in [6.07, 6.45) is 0. The van der Waals surface area contributed by atoms with Gasteiger partial charge in [-0.1, -0.05) is 0 Å². The van der Waals surface area contributed by atoms with E-state index in [0.717, 1.165) is 18.8 Å². The monoisotopic (exact) mass is 292 g/mol. The normalized spacial score (nSPS) is 20.1. The minimum Gasteiger partial charge on any atom is -0.465 e. The highest BCUT2D eigenvalue weighted by Crippen LogP contribution is 2.34. The maximum absolute atomic E-state index is 11.5. The van der Waals surface area contributed by atoms with E-state index in [1.807, 2.05) is 6.07 Å². The van der Waals surface area contributed by atoms with E-state index in [2.05, 4.69) is 32.6 Å². The van der Waals surface area contributed by atoms with Crippen LogP contribution in [0, 0.1) is 0 Å². The molecule has 0 saturated carbocycles. The average Bonchev–Trinajstić information content (AvgIpc) is 2.33. The number of anilines is 2. The molecule has 0 spiro atoms. The average molecular weight is 292 g/mol. The number of ether oxygens (including phenoxy) is 2. The first-order chi connectivity index (χ1) is 9.63. The molecule has 21 heavy (non-hydrogen) atoms. The summed E-state index contributed by atoms with van der Waals surface area (Å²) in [5.74, 6) is -0.379. The van der Waals surface area contributed by atoms with E-state index < -0.39 is 0 Å². The van der Waals surface area contributed by atoms with E-state index in [1.54, 1.807) is 12.1 Å². The van der Waals surface area contributed by atoms with Gasteiger partial charge < -0.3 is 20.1 Å². The zero-order valence-electron chi connectivity index (χ0n) is 13.4. The van der Waals surface area contributed by atoms with Crippen LogP contribution in [0.25, 0.3) is 0 Å². The number of carbonyl (C=O) groups excluding carboxylic acids is 1. The Labute approximate surface area is 126 Å². The molecule has 2 rings (SSSR count). The zero-order chi connectivity index (χ0) is 15.8. The molecule has 1 aromatic carbocycles. The van der Waals surface area contributed by atoms with E-state index in [9.17, 15) is 4.79 Å². The minimum atomic E-state index is -0.379. The van der Waals surface area contributed by atoms with Crippen molar-refractivity contribution in [3.8, 4) is 0 Å². The van der Waals surface area contributed by atoms with Crippen molar-refractivity contribution in [3.63, 3.8) is 0 Å². The lowest BCUT2D eigenvalue weighted by molar-refractivity contribution is -0.133. The third-order valence-electron chi connectivity index (χ3n) is 3.49. The molecule has 1 aliphatic heterocycles.